The molecule has 0 fully saturated rings. The molecule has 9 aromatic rings. The number of fused-ring (bicyclic) bond motifs is 4. The van der Waals surface area contributed by atoms with Gasteiger partial charge in [0.25, 0.3) is 0 Å². The first-order valence-corrected chi connectivity index (χ1v) is 18.0. The van der Waals surface area contributed by atoms with Crippen LogP contribution in [0, 0.1) is 0 Å². The van der Waals surface area contributed by atoms with Crippen LogP contribution in [-0.2, 0) is 5.41 Å². The van der Waals surface area contributed by atoms with Crippen molar-refractivity contribution in [1.29, 1.82) is 0 Å². The molecule has 1 aromatic heterocycles. The number of hydrogen-bond donors (Lipinski definition) is 0. The lowest BCUT2D eigenvalue weighted by atomic mass is 9.87. The van der Waals surface area contributed by atoms with Crippen LogP contribution in [0.2, 0.25) is 0 Å². The number of hydrogen-bond acceptors (Lipinski definition) is 2. The standard InChI is InChI=1S/C50H39NO/c1-50(2,3)38-27-29-39(30-28-38)51(40-19-11-18-36(32-40)37-26-31-48-45(33-37)43-21-8-10-25-47(43)52-48)46-24-9-7-20-42(46)44-23-13-17-35-16-12-22-41(49(35)44)34-14-5-4-6-15-34/h4-33H,1-3H3. The lowest BCUT2D eigenvalue weighted by Crippen LogP contribution is -2.14. The van der Waals surface area contributed by atoms with E-state index in [4.69, 9.17) is 4.42 Å². The smallest absolute Gasteiger partial charge is 0.135 e. The molecule has 0 unspecified atom stereocenters. The van der Waals surface area contributed by atoms with Crippen molar-refractivity contribution in [2.45, 2.75) is 26.2 Å². The van der Waals surface area contributed by atoms with Crippen molar-refractivity contribution in [1.82, 2.24) is 0 Å². The van der Waals surface area contributed by atoms with E-state index in [2.05, 4.69) is 196 Å². The SMILES string of the molecule is CC(C)(C)c1ccc(N(c2cccc(-c3ccc4oc5ccccc5c4c3)c2)c2ccccc2-c2cccc3cccc(-c4ccccc4)c23)cc1. The monoisotopic (exact) mass is 669 g/mol. The zero-order valence-electron chi connectivity index (χ0n) is 29.7. The molecule has 0 atom stereocenters. The van der Waals surface area contributed by atoms with Crippen molar-refractivity contribution in [3.63, 3.8) is 0 Å². The van der Waals surface area contributed by atoms with E-state index < -0.39 is 0 Å². The molecule has 0 radical (unpaired) electrons. The minimum absolute atomic E-state index is 0.0495. The Morgan fingerprint density at radius 3 is 1.87 bits per heavy atom. The summed E-state index contributed by atoms with van der Waals surface area (Å²) in [5.41, 5.74) is 13.6. The quantitative estimate of drug-likeness (QED) is 0.175. The van der Waals surface area contributed by atoms with Gasteiger partial charge in [-0.3, -0.25) is 0 Å². The Morgan fingerprint density at radius 2 is 1.06 bits per heavy atom. The van der Waals surface area contributed by atoms with Gasteiger partial charge in [0.1, 0.15) is 11.2 Å². The van der Waals surface area contributed by atoms with Crippen LogP contribution in [0.25, 0.3) is 66.1 Å². The van der Waals surface area contributed by atoms with Gasteiger partial charge in [-0.15, -0.1) is 0 Å². The predicted octanol–water partition coefficient (Wildman–Crippen LogP) is 14.5. The molecule has 0 aliphatic heterocycles. The van der Waals surface area contributed by atoms with E-state index >= 15 is 0 Å². The van der Waals surface area contributed by atoms with Gasteiger partial charge in [0, 0.05) is 27.7 Å². The van der Waals surface area contributed by atoms with E-state index in [1.165, 1.54) is 38.6 Å². The van der Waals surface area contributed by atoms with Gasteiger partial charge in [0.05, 0.1) is 5.69 Å². The molecule has 0 N–H and O–H groups in total. The normalized spacial score (nSPS) is 11.8. The van der Waals surface area contributed by atoms with Crippen LogP contribution in [0.1, 0.15) is 26.3 Å². The Hall–Kier alpha value is -6.38. The highest BCUT2D eigenvalue weighted by Gasteiger charge is 2.21. The Bertz CT molecular complexity index is 2710. The van der Waals surface area contributed by atoms with Crippen LogP contribution in [0.5, 0.6) is 0 Å². The molecule has 0 saturated carbocycles. The summed E-state index contributed by atoms with van der Waals surface area (Å²) in [6.07, 6.45) is 0. The third-order valence-corrected chi connectivity index (χ3v) is 10.2. The largest absolute Gasteiger partial charge is 0.456 e. The summed E-state index contributed by atoms with van der Waals surface area (Å²) in [5, 5.41) is 4.73. The van der Waals surface area contributed by atoms with E-state index in [0.29, 0.717) is 0 Å². The molecular formula is C50H39NO. The van der Waals surface area contributed by atoms with Gasteiger partial charge in [-0.25, -0.2) is 0 Å². The summed E-state index contributed by atoms with van der Waals surface area (Å²) in [5.74, 6) is 0. The minimum atomic E-state index is 0.0495. The van der Waals surface area contributed by atoms with Gasteiger partial charge in [-0.1, -0.05) is 154 Å². The van der Waals surface area contributed by atoms with E-state index in [1.807, 2.05) is 12.1 Å². The van der Waals surface area contributed by atoms with Gasteiger partial charge < -0.3 is 9.32 Å². The topological polar surface area (TPSA) is 16.4 Å². The Kier molecular flexibility index (Phi) is 7.74. The van der Waals surface area contributed by atoms with Crippen molar-refractivity contribution in [2.75, 3.05) is 4.90 Å². The maximum absolute atomic E-state index is 6.17. The highest BCUT2D eigenvalue weighted by Crippen LogP contribution is 2.45. The molecule has 0 aliphatic rings. The van der Waals surface area contributed by atoms with E-state index in [0.717, 1.165) is 50.1 Å². The summed E-state index contributed by atoms with van der Waals surface area (Å²) in [6.45, 7) is 6.80. The van der Waals surface area contributed by atoms with Crippen LogP contribution >= 0.6 is 0 Å². The summed E-state index contributed by atoms with van der Waals surface area (Å²) in [7, 11) is 0. The number of furan rings is 1. The molecule has 9 rings (SSSR count). The zero-order valence-corrected chi connectivity index (χ0v) is 29.7. The van der Waals surface area contributed by atoms with Crippen molar-refractivity contribution in [3.8, 4) is 33.4 Å². The third kappa shape index (κ3) is 5.63. The first kappa shape index (κ1) is 31.6. The molecular weight excluding hydrogens is 631 g/mol. The number of benzene rings is 8. The second-order valence-corrected chi connectivity index (χ2v) is 14.6. The summed E-state index contributed by atoms with van der Waals surface area (Å²) < 4.78 is 6.17. The van der Waals surface area contributed by atoms with Gasteiger partial charge in [-0.05, 0) is 98.1 Å². The first-order chi connectivity index (χ1) is 25.4. The number of anilines is 3. The summed E-state index contributed by atoms with van der Waals surface area (Å²) >= 11 is 0. The molecule has 0 bridgehead atoms. The lowest BCUT2D eigenvalue weighted by Gasteiger charge is -2.29. The number of nitrogens with zero attached hydrogens (tertiary/aromatic N) is 1. The first-order valence-electron chi connectivity index (χ1n) is 18.0. The molecule has 0 aliphatic carbocycles. The van der Waals surface area contributed by atoms with E-state index in [9.17, 15) is 0 Å². The third-order valence-electron chi connectivity index (χ3n) is 10.2. The van der Waals surface area contributed by atoms with Crippen LogP contribution in [0.15, 0.2) is 186 Å². The van der Waals surface area contributed by atoms with Crippen LogP contribution < -0.4 is 4.90 Å². The van der Waals surface area contributed by atoms with Gasteiger partial charge in [0.2, 0.25) is 0 Å². The fourth-order valence-electron chi connectivity index (χ4n) is 7.59. The fraction of sp³-hybridized carbons (Fsp3) is 0.0800. The molecule has 2 nitrogen and oxygen atoms in total. The van der Waals surface area contributed by atoms with Crippen molar-refractivity contribution in [3.05, 3.63) is 188 Å². The number of para-hydroxylation sites is 2. The van der Waals surface area contributed by atoms with Crippen molar-refractivity contribution >= 4 is 49.8 Å². The van der Waals surface area contributed by atoms with E-state index in [-0.39, 0.29) is 5.41 Å². The number of rotatable bonds is 6. The Balaban J connectivity index is 1.25. The molecule has 2 heteroatoms. The Morgan fingerprint density at radius 1 is 0.423 bits per heavy atom. The highest BCUT2D eigenvalue weighted by atomic mass is 16.3. The maximum atomic E-state index is 6.17. The van der Waals surface area contributed by atoms with Crippen LogP contribution in [-0.4, -0.2) is 0 Å². The average molecular weight is 670 g/mol. The fourth-order valence-corrected chi connectivity index (χ4v) is 7.59. The van der Waals surface area contributed by atoms with E-state index in [1.54, 1.807) is 0 Å². The van der Waals surface area contributed by atoms with Gasteiger partial charge >= 0.3 is 0 Å². The van der Waals surface area contributed by atoms with Crippen molar-refractivity contribution in [2.24, 2.45) is 0 Å². The van der Waals surface area contributed by atoms with Gasteiger partial charge in [0.15, 0.2) is 0 Å². The molecule has 52 heavy (non-hydrogen) atoms. The van der Waals surface area contributed by atoms with Crippen LogP contribution in [0.4, 0.5) is 17.1 Å². The highest BCUT2D eigenvalue weighted by molar-refractivity contribution is 6.09. The molecule has 1 heterocycles. The van der Waals surface area contributed by atoms with Gasteiger partial charge in [-0.2, -0.15) is 0 Å². The average Bonchev–Trinajstić information content (AvgIpc) is 3.56. The second-order valence-electron chi connectivity index (χ2n) is 14.6. The molecule has 0 saturated heterocycles. The summed E-state index contributed by atoms with van der Waals surface area (Å²) in [6, 6.07) is 65.7. The predicted molar refractivity (Wildman–Crippen MR) is 221 cm³/mol. The van der Waals surface area contributed by atoms with Crippen LogP contribution in [0.3, 0.4) is 0 Å². The maximum Gasteiger partial charge on any atom is 0.135 e. The second kappa shape index (κ2) is 12.7. The molecule has 0 amide bonds. The van der Waals surface area contributed by atoms with Crippen molar-refractivity contribution < 1.29 is 4.42 Å². The Labute approximate surface area is 305 Å². The minimum Gasteiger partial charge on any atom is -0.456 e. The molecule has 8 aromatic carbocycles. The lowest BCUT2D eigenvalue weighted by molar-refractivity contribution is 0.590. The molecule has 0 spiro atoms. The summed E-state index contributed by atoms with van der Waals surface area (Å²) in [4.78, 5) is 2.42. The molecule has 250 valence electrons. The zero-order chi connectivity index (χ0) is 35.2.